The number of hydrogen-bond donors (Lipinski definition) is 2. The molecule has 11 nitrogen and oxygen atoms in total. The Morgan fingerprint density at radius 1 is 1.06 bits per heavy atom. The van der Waals surface area contributed by atoms with Crippen LogP contribution in [0.5, 0.6) is 5.75 Å². The number of aromatic nitrogens is 6. The first-order valence-electron chi connectivity index (χ1n) is 10.6. The van der Waals surface area contributed by atoms with Crippen LogP contribution in [0.4, 0.5) is 5.69 Å². The minimum atomic E-state index is -0.459. The van der Waals surface area contributed by atoms with Crippen LogP contribution in [0.15, 0.2) is 49.1 Å². The summed E-state index contributed by atoms with van der Waals surface area (Å²) in [6, 6.07) is 7.50. The number of nitrogens with zero attached hydrogens (tertiary/aromatic N) is 6. The fourth-order valence-electron chi connectivity index (χ4n) is 3.47. The molecule has 0 saturated heterocycles. The van der Waals surface area contributed by atoms with E-state index in [1.54, 1.807) is 37.2 Å². The minimum absolute atomic E-state index is 0.159. The summed E-state index contributed by atoms with van der Waals surface area (Å²) in [7, 11) is 3.44. The lowest BCUT2D eigenvalue weighted by molar-refractivity contribution is 0.0942. The molecule has 2 amide bonds. The highest BCUT2D eigenvalue weighted by molar-refractivity contribution is 6.07. The van der Waals surface area contributed by atoms with E-state index in [0.717, 1.165) is 22.4 Å². The Morgan fingerprint density at radius 3 is 2.62 bits per heavy atom. The molecule has 34 heavy (non-hydrogen) atoms. The summed E-state index contributed by atoms with van der Waals surface area (Å²) in [6.45, 7) is 4.46. The summed E-state index contributed by atoms with van der Waals surface area (Å²) in [4.78, 5) is 25.5. The second kappa shape index (κ2) is 9.61. The first kappa shape index (κ1) is 22.8. The first-order valence-corrected chi connectivity index (χ1v) is 10.6. The molecular formula is C23H26N8O3. The molecule has 0 fully saturated rings. The summed E-state index contributed by atoms with van der Waals surface area (Å²) in [6.07, 6.45) is 6.57. The Hall–Kier alpha value is -4.41. The molecular weight excluding hydrogens is 436 g/mol. The van der Waals surface area contributed by atoms with Crippen molar-refractivity contribution in [3.63, 3.8) is 0 Å². The Bertz CT molecular complexity index is 1330. The van der Waals surface area contributed by atoms with E-state index in [1.165, 1.54) is 15.6 Å². The summed E-state index contributed by atoms with van der Waals surface area (Å²) in [5, 5.41) is 18.0. The van der Waals surface area contributed by atoms with Crippen molar-refractivity contribution in [1.82, 2.24) is 34.7 Å². The Balaban J connectivity index is 1.38. The van der Waals surface area contributed by atoms with Crippen LogP contribution in [0.2, 0.25) is 0 Å². The van der Waals surface area contributed by atoms with Crippen LogP contribution >= 0.6 is 0 Å². The van der Waals surface area contributed by atoms with E-state index in [4.69, 9.17) is 4.74 Å². The van der Waals surface area contributed by atoms with E-state index in [2.05, 4.69) is 25.9 Å². The van der Waals surface area contributed by atoms with Gasteiger partial charge in [0.25, 0.3) is 11.8 Å². The van der Waals surface area contributed by atoms with Crippen molar-refractivity contribution in [3.8, 4) is 5.75 Å². The van der Waals surface area contributed by atoms with Crippen molar-refractivity contribution >= 4 is 17.5 Å². The van der Waals surface area contributed by atoms with Crippen molar-refractivity contribution in [2.75, 3.05) is 5.32 Å². The van der Waals surface area contributed by atoms with Gasteiger partial charge in [-0.25, -0.2) is 4.68 Å². The van der Waals surface area contributed by atoms with Gasteiger partial charge in [0, 0.05) is 38.6 Å². The Labute approximate surface area is 196 Å². The molecule has 0 aliphatic carbocycles. The molecule has 4 rings (SSSR count). The zero-order valence-corrected chi connectivity index (χ0v) is 19.4. The number of nitrogens with one attached hydrogen (secondary N) is 2. The van der Waals surface area contributed by atoms with Crippen LogP contribution in [0.25, 0.3) is 0 Å². The van der Waals surface area contributed by atoms with Crippen LogP contribution in [0.1, 0.15) is 37.7 Å². The highest BCUT2D eigenvalue weighted by atomic mass is 16.5. The third-order valence-corrected chi connectivity index (χ3v) is 5.17. The van der Waals surface area contributed by atoms with E-state index in [9.17, 15) is 9.59 Å². The number of amides is 2. The number of rotatable bonds is 8. The highest BCUT2D eigenvalue weighted by Gasteiger charge is 2.20. The average Bonchev–Trinajstić information content (AvgIpc) is 3.52. The van der Waals surface area contributed by atoms with Crippen LogP contribution in [-0.4, -0.2) is 41.2 Å². The van der Waals surface area contributed by atoms with Crippen molar-refractivity contribution in [1.29, 1.82) is 0 Å². The molecule has 0 aliphatic heterocycles. The van der Waals surface area contributed by atoms with Crippen molar-refractivity contribution in [2.24, 2.45) is 14.1 Å². The number of aryl methyl sites for hydroxylation is 4. The summed E-state index contributed by atoms with van der Waals surface area (Å²) in [5.41, 5.74) is 3.75. The number of benzene rings is 1. The summed E-state index contributed by atoms with van der Waals surface area (Å²) in [5.74, 6) is -0.0736. The fourth-order valence-corrected chi connectivity index (χ4v) is 3.47. The fraction of sp³-hybridized carbons (Fsp3) is 0.261. The van der Waals surface area contributed by atoms with Gasteiger partial charge in [-0.05, 0) is 31.5 Å². The van der Waals surface area contributed by atoms with E-state index in [0.29, 0.717) is 6.54 Å². The minimum Gasteiger partial charge on any atom is -0.471 e. The van der Waals surface area contributed by atoms with Gasteiger partial charge in [0.2, 0.25) is 0 Å². The monoisotopic (exact) mass is 462 g/mol. The Kier molecular flexibility index (Phi) is 6.44. The quantitative estimate of drug-likeness (QED) is 0.414. The van der Waals surface area contributed by atoms with Crippen LogP contribution in [-0.2, 0) is 27.4 Å². The molecule has 0 radical (unpaired) electrons. The molecule has 0 aliphatic rings. The van der Waals surface area contributed by atoms with Crippen molar-refractivity contribution in [2.45, 2.75) is 27.1 Å². The largest absolute Gasteiger partial charge is 0.471 e. The van der Waals surface area contributed by atoms with Gasteiger partial charge in [-0.3, -0.25) is 19.0 Å². The number of anilines is 1. The predicted molar refractivity (Wildman–Crippen MR) is 124 cm³/mol. The number of ether oxygens (including phenoxy) is 1. The third-order valence-electron chi connectivity index (χ3n) is 5.17. The molecule has 1 aromatic carbocycles. The molecule has 4 aromatic rings. The van der Waals surface area contributed by atoms with Crippen molar-refractivity contribution in [3.05, 3.63) is 77.1 Å². The van der Waals surface area contributed by atoms with Gasteiger partial charge in [0.15, 0.2) is 12.4 Å². The smallest absolute Gasteiger partial charge is 0.276 e. The lowest BCUT2D eigenvalue weighted by atomic mass is 10.1. The molecule has 11 heteroatoms. The maximum absolute atomic E-state index is 12.8. The molecule has 3 heterocycles. The lowest BCUT2D eigenvalue weighted by Crippen LogP contribution is -2.26. The van der Waals surface area contributed by atoms with E-state index < -0.39 is 5.91 Å². The predicted octanol–water partition coefficient (Wildman–Crippen LogP) is 2.19. The van der Waals surface area contributed by atoms with Gasteiger partial charge >= 0.3 is 0 Å². The van der Waals surface area contributed by atoms with Crippen LogP contribution in [0.3, 0.4) is 0 Å². The average molecular weight is 463 g/mol. The second-order valence-electron chi connectivity index (χ2n) is 7.97. The van der Waals surface area contributed by atoms with Gasteiger partial charge in [0.05, 0.1) is 18.1 Å². The molecule has 176 valence electrons. The molecule has 0 atom stereocenters. The van der Waals surface area contributed by atoms with E-state index in [-0.39, 0.29) is 29.7 Å². The standard InChI is InChI=1S/C23H26N8O3/c1-15-5-6-20(16(2)9-15)34-14-31-8-7-18(28-31)22(32)27-19-12-26-30(4)21(19)23(33)24-10-17-11-25-29(3)13-17/h5-9,11-13H,10,14H2,1-4H3,(H,24,33)(H,27,32). The topological polar surface area (TPSA) is 121 Å². The zero-order valence-electron chi connectivity index (χ0n) is 19.4. The number of carbonyl (C=O) groups is 2. The van der Waals surface area contributed by atoms with Gasteiger partial charge in [-0.1, -0.05) is 17.7 Å². The van der Waals surface area contributed by atoms with Crippen LogP contribution in [0, 0.1) is 13.8 Å². The van der Waals surface area contributed by atoms with E-state index in [1.807, 2.05) is 38.2 Å². The third kappa shape index (κ3) is 5.14. The van der Waals surface area contributed by atoms with Crippen molar-refractivity contribution < 1.29 is 14.3 Å². The summed E-state index contributed by atoms with van der Waals surface area (Å²) < 4.78 is 10.4. The number of hydrogen-bond acceptors (Lipinski definition) is 6. The molecule has 0 spiro atoms. The van der Waals surface area contributed by atoms with Gasteiger partial charge in [0.1, 0.15) is 11.4 Å². The molecule has 2 N–H and O–H groups in total. The van der Waals surface area contributed by atoms with Gasteiger partial charge < -0.3 is 15.4 Å². The molecule has 3 aromatic heterocycles. The molecule has 0 unspecified atom stereocenters. The summed E-state index contributed by atoms with van der Waals surface area (Å²) >= 11 is 0. The van der Waals surface area contributed by atoms with Gasteiger partial charge in [-0.2, -0.15) is 15.3 Å². The first-order chi connectivity index (χ1) is 16.3. The van der Waals surface area contributed by atoms with E-state index >= 15 is 0 Å². The zero-order chi connectivity index (χ0) is 24.2. The van der Waals surface area contributed by atoms with Gasteiger partial charge in [-0.15, -0.1) is 0 Å². The maximum Gasteiger partial charge on any atom is 0.276 e. The van der Waals surface area contributed by atoms with Crippen LogP contribution < -0.4 is 15.4 Å². The molecule has 0 saturated carbocycles. The lowest BCUT2D eigenvalue weighted by Gasteiger charge is -2.09. The molecule has 0 bridgehead atoms. The maximum atomic E-state index is 12.8. The highest BCUT2D eigenvalue weighted by Crippen LogP contribution is 2.19. The number of carbonyl (C=O) groups excluding carboxylic acids is 2. The normalized spacial score (nSPS) is 10.8. The Morgan fingerprint density at radius 2 is 1.88 bits per heavy atom. The SMILES string of the molecule is Cc1ccc(OCn2ccc(C(=O)Nc3cnn(C)c3C(=O)NCc3cnn(C)c3)n2)c(C)c1. The second-order valence-corrected chi connectivity index (χ2v) is 7.97.